The van der Waals surface area contributed by atoms with Crippen LogP contribution < -0.4 is 10.1 Å². The molecular weight excluding hydrogens is 334 g/mol. The Morgan fingerprint density at radius 1 is 1.07 bits per heavy atom. The van der Waals surface area contributed by atoms with Gasteiger partial charge in [0.2, 0.25) is 5.95 Å². The highest BCUT2D eigenvalue weighted by atomic mass is 16.5. The van der Waals surface area contributed by atoms with Crippen molar-refractivity contribution in [1.29, 1.82) is 0 Å². The van der Waals surface area contributed by atoms with E-state index in [1.165, 1.54) is 24.8 Å². The molecule has 4 nitrogen and oxygen atoms in total. The van der Waals surface area contributed by atoms with E-state index in [0.29, 0.717) is 17.4 Å². The molecule has 0 bridgehead atoms. The molecule has 0 unspecified atom stereocenters. The minimum Gasteiger partial charge on any atom is -0.497 e. The van der Waals surface area contributed by atoms with Crippen LogP contribution in [0.2, 0.25) is 0 Å². The largest absolute Gasteiger partial charge is 0.497 e. The van der Waals surface area contributed by atoms with Gasteiger partial charge in [-0.25, -0.2) is 4.98 Å². The molecule has 1 heterocycles. The number of para-hydroxylation sites is 2. The van der Waals surface area contributed by atoms with Gasteiger partial charge in [-0.1, -0.05) is 32.9 Å². The second-order valence-electron chi connectivity index (χ2n) is 8.71. The van der Waals surface area contributed by atoms with Gasteiger partial charge in [-0.3, -0.25) is 0 Å². The molecule has 1 N–H and O–H groups in total. The maximum atomic E-state index is 5.27. The van der Waals surface area contributed by atoms with Gasteiger partial charge in [-0.05, 0) is 67.0 Å². The van der Waals surface area contributed by atoms with E-state index >= 15 is 0 Å². The van der Waals surface area contributed by atoms with Crippen molar-refractivity contribution in [1.82, 2.24) is 9.55 Å². The Balaban J connectivity index is 1.75. The zero-order valence-electron chi connectivity index (χ0n) is 16.7. The summed E-state index contributed by atoms with van der Waals surface area (Å²) in [5.41, 5.74) is 3.63. The van der Waals surface area contributed by atoms with Gasteiger partial charge in [0, 0.05) is 11.7 Å². The number of benzene rings is 2. The number of fused-ring (bicyclic) bond motifs is 1. The normalized spacial score (nSPS) is 21.9. The standard InChI is InChI=1S/C23H29N3O/c1-16-13-18(15-23(2,3)14-16)26-21-8-6-5-7-20(21)25-22(26)24-17-9-11-19(27-4)12-10-17/h5-12,16,18H,13-15H2,1-4H3,(H,24,25)/t16-,18-/m1/s1. The van der Waals surface area contributed by atoms with Crippen LogP contribution in [0.25, 0.3) is 11.0 Å². The summed E-state index contributed by atoms with van der Waals surface area (Å²) >= 11 is 0. The van der Waals surface area contributed by atoms with Gasteiger partial charge in [-0.2, -0.15) is 0 Å². The first-order valence-electron chi connectivity index (χ1n) is 9.83. The summed E-state index contributed by atoms with van der Waals surface area (Å²) in [4.78, 5) is 4.92. The Morgan fingerprint density at radius 3 is 2.52 bits per heavy atom. The molecule has 0 aliphatic heterocycles. The molecule has 27 heavy (non-hydrogen) atoms. The fourth-order valence-corrected chi connectivity index (χ4v) is 4.80. The van der Waals surface area contributed by atoms with Crippen LogP contribution in [0.3, 0.4) is 0 Å². The topological polar surface area (TPSA) is 39.1 Å². The van der Waals surface area contributed by atoms with Crippen molar-refractivity contribution in [2.24, 2.45) is 11.3 Å². The molecule has 2 atom stereocenters. The lowest BCUT2D eigenvalue weighted by Crippen LogP contribution is -2.29. The molecule has 142 valence electrons. The van der Waals surface area contributed by atoms with Crippen LogP contribution in [0.4, 0.5) is 11.6 Å². The van der Waals surface area contributed by atoms with Crippen molar-refractivity contribution in [2.45, 2.75) is 46.1 Å². The van der Waals surface area contributed by atoms with E-state index in [9.17, 15) is 0 Å². The molecule has 1 fully saturated rings. The smallest absolute Gasteiger partial charge is 0.208 e. The van der Waals surface area contributed by atoms with E-state index in [-0.39, 0.29) is 0 Å². The lowest BCUT2D eigenvalue weighted by atomic mass is 9.70. The first kappa shape index (κ1) is 17.9. The van der Waals surface area contributed by atoms with Gasteiger partial charge < -0.3 is 14.6 Å². The van der Waals surface area contributed by atoms with E-state index in [2.05, 4.69) is 54.9 Å². The zero-order valence-corrected chi connectivity index (χ0v) is 16.7. The Morgan fingerprint density at radius 2 is 1.81 bits per heavy atom. The summed E-state index contributed by atoms with van der Waals surface area (Å²) in [7, 11) is 1.69. The number of nitrogens with zero attached hydrogens (tertiary/aromatic N) is 2. The van der Waals surface area contributed by atoms with E-state index in [1.807, 2.05) is 24.3 Å². The van der Waals surface area contributed by atoms with Gasteiger partial charge in [0.25, 0.3) is 0 Å². The number of methoxy groups -OCH3 is 1. The first-order valence-corrected chi connectivity index (χ1v) is 9.83. The minimum atomic E-state index is 0.352. The molecule has 4 heteroatoms. The summed E-state index contributed by atoms with van der Waals surface area (Å²) in [5, 5.41) is 3.55. The zero-order chi connectivity index (χ0) is 19.0. The van der Waals surface area contributed by atoms with Crippen molar-refractivity contribution in [3.05, 3.63) is 48.5 Å². The van der Waals surface area contributed by atoms with Crippen LogP contribution in [0, 0.1) is 11.3 Å². The number of anilines is 2. The predicted octanol–water partition coefficient (Wildman–Crippen LogP) is 6.18. The number of rotatable bonds is 4. The SMILES string of the molecule is COc1ccc(Nc2nc3ccccc3n2[C@@H]2C[C@@H](C)CC(C)(C)C2)cc1. The lowest BCUT2D eigenvalue weighted by Gasteiger charge is -2.40. The van der Waals surface area contributed by atoms with Crippen LogP contribution in [-0.4, -0.2) is 16.7 Å². The number of ether oxygens (including phenoxy) is 1. The molecule has 1 aliphatic rings. The molecule has 0 radical (unpaired) electrons. The van der Waals surface area contributed by atoms with E-state index in [1.54, 1.807) is 7.11 Å². The highest BCUT2D eigenvalue weighted by molar-refractivity contribution is 5.80. The molecule has 1 saturated carbocycles. The first-order chi connectivity index (χ1) is 12.9. The van der Waals surface area contributed by atoms with Crippen LogP contribution in [0.5, 0.6) is 5.75 Å². The molecule has 0 amide bonds. The maximum Gasteiger partial charge on any atom is 0.208 e. The molecular formula is C23H29N3O. The number of imidazole rings is 1. The van der Waals surface area contributed by atoms with E-state index < -0.39 is 0 Å². The summed E-state index contributed by atoms with van der Waals surface area (Å²) in [6.07, 6.45) is 3.66. The molecule has 0 spiro atoms. The number of hydrogen-bond acceptors (Lipinski definition) is 3. The fraction of sp³-hybridized carbons (Fsp3) is 0.435. The maximum absolute atomic E-state index is 5.27. The second-order valence-corrected chi connectivity index (χ2v) is 8.71. The van der Waals surface area contributed by atoms with Crippen molar-refractivity contribution >= 4 is 22.7 Å². The highest BCUT2D eigenvalue weighted by Gasteiger charge is 2.34. The van der Waals surface area contributed by atoms with E-state index in [0.717, 1.165) is 22.9 Å². The average molecular weight is 364 g/mol. The number of nitrogens with one attached hydrogen (secondary N) is 1. The summed E-state index contributed by atoms with van der Waals surface area (Å²) in [6, 6.07) is 16.9. The molecule has 0 saturated heterocycles. The summed E-state index contributed by atoms with van der Waals surface area (Å²) in [6.45, 7) is 7.17. The van der Waals surface area contributed by atoms with Gasteiger partial charge in [0.1, 0.15) is 5.75 Å². The van der Waals surface area contributed by atoms with Crippen molar-refractivity contribution in [3.63, 3.8) is 0 Å². The molecule has 1 aromatic heterocycles. The van der Waals surface area contributed by atoms with Gasteiger partial charge >= 0.3 is 0 Å². The third kappa shape index (κ3) is 3.66. The number of aromatic nitrogens is 2. The monoisotopic (exact) mass is 363 g/mol. The predicted molar refractivity (Wildman–Crippen MR) is 112 cm³/mol. The van der Waals surface area contributed by atoms with Crippen LogP contribution >= 0.6 is 0 Å². The average Bonchev–Trinajstić information content (AvgIpc) is 2.98. The minimum absolute atomic E-state index is 0.352. The Kier molecular flexibility index (Phi) is 4.58. The fourth-order valence-electron chi connectivity index (χ4n) is 4.80. The Labute approximate surface area is 161 Å². The summed E-state index contributed by atoms with van der Waals surface area (Å²) < 4.78 is 7.70. The van der Waals surface area contributed by atoms with Gasteiger partial charge in [0.15, 0.2) is 0 Å². The van der Waals surface area contributed by atoms with Crippen molar-refractivity contribution in [2.75, 3.05) is 12.4 Å². The van der Waals surface area contributed by atoms with Crippen LogP contribution in [0.1, 0.15) is 46.1 Å². The quantitative estimate of drug-likeness (QED) is 0.602. The van der Waals surface area contributed by atoms with Crippen molar-refractivity contribution in [3.8, 4) is 5.75 Å². The Hall–Kier alpha value is -2.49. The van der Waals surface area contributed by atoms with Crippen LogP contribution in [-0.2, 0) is 0 Å². The molecule has 1 aliphatic carbocycles. The third-order valence-electron chi connectivity index (χ3n) is 5.67. The van der Waals surface area contributed by atoms with E-state index in [4.69, 9.17) is 9.72 Å². The summed E-state index contributed by atoms with van der Waals surface area (Å²) in [5.74, 6) is 2.50. The van der Waals surface area contributed by atoms with Gasteiger partial charge in [0.05, 0.1) is 18.1 Å². The molecule has 3 aromatic rings. The van der Waals surface area contributed by atoms with Crippen LogP contribution in [0.15, 0.2) is 48.5 Å². The third-order valence-corrected chi connectivity index (χ3v) is 5.67. The molecule has 2 aromatic carbocycles. The van der Waals surface area contributed by atoms with Crippen molar-refractivity contribution < 1.29 is 4.74 Å². The highest BCUT2D eigenvalue weighted by Crippen LogP contribution is 2.46. The number of hydrogen-bond donors (Lipinski definition) is 1. The van der Waals surface area contributed by atoms with Gasteiger partial charge in [-0.15, -0.1) is 0 Å². The molecule has 4 rings (SSSR count). The lowest BCUT2D eigenvalue weighted by molar-refractivity contribution is 0.140. The second kappa shape index (κ2) is 6.91. The Bertz CT molecular complexity index is 926.